The van der Waals surface area contributed by atoms with Gasteiger partial charge in [-0.2, -0.15) is 0 Å². The smallest absolute Gasteiger partial charge is 0.0101 e. The van der Waals surface area contributed by atoms with Gasteiger partial charge in [-0.15, -0.1) is 0 Å². The molecule has 0 nitrogen and oxygen atoms in total. The van der Waals surface area contributed by atoms with E-state index in [0.717, 1.165) is 17.8 Å². The van der Waals surface area contributed by atoms with Crippen LogP contribution in [0.3, 0.4) is 0 Å². The van der Waals surface area contributed by atoms with Crippen molar-refractivity contribution in [3.8, 4) is 0 Å². The van der Waals surface area contributed by atoms with Crippen LogP contribution in [0.25, 0.3) is 0 Å². The van der Waals surface area contributed by atoms with Gasteiger partial charge in [0.15, 0.2) is 0 Å². The second-order valence-electron chi connectivity index (χ2n) is 8.78. The van der Waals surface area contributed by atoms with Gasteiger partial charge in [-0.25, -0.2) is 0 Å². The van der Waals surface area contributed by atoms with Gasteiger partial charge in [0.25, 0.3) is 0 Å². The van der Waals surface area contributed by atoms with Gasteiger partial charge < -0.3 is 0 Å². The fourth-order valence-corrected chi connectivity index (χ4v) is 6.87. The van der Waals surface area contributed by atoms with E-state index in [1.807, 2.05) is 5.57 Å². The zero-order chi connectivity index (χ0) is 14.7. The van der Waals surface area contributed by atoms with Gasteiger partial charge in [0.05, 0.1) is 0 Å². The molecule has 0 aromatic heterocycles. The summed E-state index contributed by atoms with van der Waals surface area (Å²) in [5.74, 6) is 2.93. The van der Waals surface area contributed by atoms with Gasteiger partial charge in [-0.3, -0.25) is 0 Å². The SMILES string of the molecule is CCC1=CC=C2[C@@H]3CC[C@H]4CCCC[C@]4(C)[C@H]3CC[C@]12C. The van der Waals surface area contributed by atoms with E-state index < -0.39 is 0 Å². The van der Waals surface area contributed by atoms with Crippen LogP contribution < -0.4 is 0 Å². The molecule has 0 spiro atoms. The molecule has 0 heterocycles. The van der Waals surface area contributed by atoms with Gasteiger partial charge in [-0.05, 0) is 68.1 Å². The molecule has 4 rings (SSSR count). The summed E-state index contributed by atoms with van der Waals surface area (Å²) in [5.41, 5.74) is 4.65. The van der Waals surface area contributed by atoms with E-state index in [2.05, 4.69) is 32.9 Å². The van der Waals surface area contributed by atoms with E-state index in [4.69, 9.17) is 0 Å². The van der Waals surface area contributed by atoms with Crippen molar-refractivity contribution in [1.82, 2.24) is 0 Å². The standard InChI is InChI=1S/C21H32/c1-4-15-9-11-18-17-10-8-16-7-5-6-13-20(16,2)19(17)12-14-21(15,18)3/h9,11,16-17,19H,4-8,10,12-14H2,1-3H3/t16-,17+,19+,20+,21-/m1/s1. The van der Waals surface area contributed by atoms with Crippen LogP contribution in [0.5, 0.6) is 0 Å². The largest absolute Gasteiger partial charge is 0.0622 e. The van der Waals surface area contributed by atoms with Crippen LogP contribution in [0.1, 0.15) is 78.6 Å². The lowest BCUT2D eigenvalue weighted by Gasteiger charge is -2.58. The molecule has 5 atom stereocenters. The second kappa shape index (κ2) is 4.74. The number of hydrogen-bond donors (Lipinski definition) is 0. The average molecular weight is 284 g/mol. The highest BCUT2D eigenvalue weighted by Crippen LogP contribution is 2.65. The molecule has 0 radical (unpaired) electrons. The van der Waals surface area contributed by atoms with E-state index in [1.165, 1.54) is 57.8 Å². The molecule has 0 aliphatic heterocycles. The molecular weight excluding hydrogens is 252 g/mol. The monoisotopic (exact) mass is 284 g/mol. The Morgan fingerprint density at radius 2 is 1.86 bits per heavy atom. The number of allylic oxidation sites excluding steroid dienone is 4. The van der Waals surface area contributed by atoms with Crippen molar-refractivity contribution < 1.29 is 0 Å². The summed E-state index contributed by atoms with van der Waals surface area (Å²) in [6, 6.07) is 0. The third-order valence-electron chi connectivity index (χ3n) is 8.16. The normalized spacial score (nSPS) is 48.8. The van der Waals surface area contributed by atoms with Gasteiger partial charge in [0, 0.05) is 5.41 Å². The van der Waals surface area contributed by atoms with Crippen LogP contribution in [0.2, 0.25) is 0 Å². The summed E-state index contributed by atoms with van der Waals surface area (Å²) in [6.45, 7) is 7.56. The highest BCUT2D eigenvalue weighted by atomic mass is 14.6. The molecule has 4 aliphatic rings. The molecule has 3 saturated carbocycles. The predicted molar refractivity (Wildman–Crippen MR) is 90.1 cm³/mol. The quantitative estimate of drug-likeness (QED) is 0.531. The Bertz CT molecular complexity index is 496. The summed E-state index contributed by atoms with van der Waals surface area (Å²) in [5, 5.41) is 0. The van der Waals surface area contributed by atoms with Crippen LogP contribution in [0.15, 0.2) is 23.3 Å². The Balaban J connectivity index is 1.66. The van der Waals surface area contributed by atoms with Crippen molar-refractivity contribution in [2.24, 2.45) is 28.6 Å². The van der Waals surface area contributed by atoms with Crippen LogP contribution in [0, 0.1) is 28.6 Å². The lowest BCUT2D eigenvalue weighted by atomic mass is 9.46. The van der Waals surface area contributed by atoms with Gasteiger partial charge in [0.2, 0.25) is 0 Å². The van der Waals surface area contributed by atoms with Crippen LogP contribution in [-0.2, 0) is 0 Å². The highest BCUT2D eigenvalue weighted by molar-refractivity contribution is 5.43. The molecule has 116 valence electrons. The number of fused-ring (bicyclic) bond motifs is 5. The van der Waals surface area contributed by atoms with E-state index in [-0.39, 0.29) is 0 Å². The zero-order valence-electron chi connectivity index (χ0n) is 14.3. The van der Waals surface area contributed by atoms with Crippen molar-refractivity contribution in [2.75, 3.05) is 0 Å². The summed E-state index contributed by atoms with van der Waals surface area (Å²) < 4.78 is 0. The van der Waals surface area contributed by atoms with Gasteiger partial charge in [0.1, 0.15) is 0 Å². The minimum absolute atomic E-state index is 0.438. The molecule has 0 bridgehead atoms. The Labute approximate surface area is 131 Å². The highest BCUT2D eigenvalue weighted by Gasteiger charge is 2.55. The van der Waals surface area contributed by atoms with Crippen molar-refractivity contribution >= 4 is 0 Å². The minimum atomic E-state index is 0.438. The molecule has 0 amide bonds. The Morgan fingerprint density at radius 3 is 2.67 bits per heavy atom. The van der Waals surface area contributed by atoms with E-state index >= 15 is 0 Å². The van der Waals surface area contributed by atoms with Crippen molar-refractivity contribution in [3.05, 3.63) is 23.3 Å². The maximum absolute atomic E-state index is 2.67. The second-order valence-corrected chi connectivity index (χ2v) is 8.78. The fourth-order valence-electron chi connectivity index (χ4n) is 6.87. The summed E-state index contributed by atoms with van der Waals surface area (Å²) in [4.78, 5) is 0. The fraction of sp³-hybridized carbons (Fsp3) is 0.810. The third kappa shape index (κ3) is 1.80. The van der Waals surface area contributed by atoms with Crippen LogP contribution in [-0.4, -0.2) is 0 Å². The zero-order valence-corrected chi connectivity index (χ0v) is 14.3. The van der Waals surface area contributed by atoms with E-state index in [1.54, 1.807) is 5.57 Å². The summed E-state index contributed by atoms with van der Waals surface area (Å²) >= 11 is 0. The molecule has 0 saturated heterocycles. The summed E-state index contributed by atoms with van der Waals surface area (Å²) in [7, 11) is 0. The maximum Gasteiger partial charge on any atom is 0.0101 e. The molecule has 4 aliphatic carbocycles. The lowest BCUT2D eigenvalue weighted by molar-refractivity contribution is -0.0481. The molecule has 3 fully saturated rings. The van der Waals surface area contributed by atoms with Crippen molar-refractivity contribution in [3.63, 3.8) is 0 Å². The summed E-state index contributed by atoms with van der Waals surface area (Å²) in [6.07, 6.45) is 18.2. The van der Waals surface area contributed by atoms with Crippen molar-refractivity contribution in [2.45, 2.75) is 78.6 Å². The first kappa shape index (κ1) is 14.1. The number of hydrogen-bond acceptors (Lipinski definition) is 0. The Morgan fingerprint density at radius 1 is 1.00 bits per heavy atom. The lowest BCUT2D eigenvalue weighted by Crippen LogP contribution is -2.49. The molecule has 0 N–H and O–H groups in total. The maximum atomic E-state index is 2.67. The Hall–Kier alpha value is -0.520. The van der Waals surface area contributed by atoms with Crippen LogP contribution >= 0.6 is 0 Å². The van der Waals surface area contributed by atoms with Crippen molar-refractivity contribution in [1.29, 1.82) is 0 Å². The van der Waals surface area contributed by atoms with Gasteiger partial charge in [-0.1, -0.05) is 56.9 Å². The molecule has 0 heteroatoms. The topological polar surface area (TPSA) is 0 Å². The minimum Gasteiger partial charge on any atom is -0.0622 e. The van der Waals surface area contributed by atoms with E-state index in [9.17, 15) is 0 Å². The average Bonchev–Trinajstić information content (AvgIpc) is 2.83. The first-order chi connectivity index (χ1) is 10.1. The van der Waals surface area contributed by atoms with Gasteiger partial charge >= 0.3 is 0 Å². The third-order valence-corrected chi connectivity index (χ3v) is 8.16. The van der Waals surface area contributed by atoms with Crippen LogP contribution in [0.4, 0.5) is 0 Å². The molecule has 0 aromatic rings. The molecular formula is C21H32. The predicted octanol–water partition coefficient (Wildman–Crippen LogP) is 6.29. The number of rotatable bonds is 1. The first-order valence-electron chi connectivity index (χ1n) is 9.51. The van der Waals surface area contributed by atoms with E-state index in [0.29, 0.717) is 10.8 Å². The first-order valence-corrected chi connectivity index (χ1v) is 9.51. The molecule has 0 aromatic carbocycles. The molecule has 0 unspecified atom stereocenters. The Kier molecular flexibility index (Phi) is 3.18. The molecule has 21 heavy (non-hydrogen) atoms.